The van der Waals surface area contributed by atoms with Gasteiger partial charge in [0.25, 0.3) is 0 Å². The molecule has 0 bridgehead atoms. The monoisotopic (exact) mass is 520 g/mol. The molecule has 2 aromatic rings. The van der Waals surface area contributed by atoms with Crippen LogP contribution >= 0.6 is 0 Å². The Labute approximate surface area is 232 Å². The molecule has 1 aliphatic rings. The second-order valence-corrected chi connectivity index (χ2v) is 10.9. The molecule has 3 atom stereocenters. The number of Topliss-reactive ketones (excluding diaryl/α,β-unsaturated/α-hetero) is 3. The topological polar surface area (TPSA) is 51.2 Å². The Morgan fingerprint density at radius 2 is 1.50 bits per heavy atom. The van der Waals surface area contributed by atoms with Crippen LogP contribution in [0.2, 0.25) is 0 Å². The van der Waals surface area contributed by atoms with E-state index >= 15 is 0 Å². The van der Waals surface area contributed by atoms with Gasteiger partial charge in [0.1, 0.15) is 11.6 Å². The van der Waals surface area contributed by atoms with Gasteiger partial charge in [-0.05, 0) is 67.2 Å². The standard InChI is InChI=1S/C29H36O3.2C3H8/c1-5-10-23(24(6-2)27(31)15-20(4)30)16-21-17-26-25(22-11-8-7-9-12-22)14-13-19(3)29(26)28(32)18-21;2*1-3-2/h7-9,11-14,21,23-24H,5-6,10,15-18H2,1-4H3;2*3H2,1-2H3. The zero-order valence-electron chi connectivity index (χ0n) is 25.4. The quantitative estimate of drug-likeness (QED) is 0.293. The Hall–Kier alpha value is -2.55. The number of benzene rings is 2. The van der Waals surface area contributed by atoms with E-state index in [1.54, 1.807) is 0 Å². The van der Waals surface area contributed by atoms with Crippen LogP contribution in [0.4, 0.5) is 0 Å². The van der Waals surface area contributed by atoms with Crippen molar-refractivity contribution >= 4 is 17.3 Å². The zero-order chi connectivity index (χ0) is 28.7. The Kier molecular flexibility index (Phi) is 15.7. The molecule has 210 valence electrons. The molecular formula is C35H52O3. The number of rotatable bonds is 10. The van der Waals surface area contributed by atoms with Crippen molar-refractivity contribution in [1.82, 2.24) is 0 Å². The van der Waals surface area contributed by atoms with Crippen molar-refractivity contribution in [3.63, 3.8) is 0 Å². The third-order valence-electron chi connectivity index (χ3n) is 6.99. The molecule has 3 rings (SSSR count). The van der Waals surface area contributed by atoms with Gasteiger partial charge in [-0.25, -0.2) is 0 Å². The lowest BCUT2D eigenvalue weighted by Gasteiger charge is -2.32. The number of fused-ring (bicyclic) bond motifs is 1. The second-order valence-electron chi connectivity index (χ2n) is 10.9. The maximum Gasteiger partial charge on any atom is 0.163 e. The average molecular weight is 521 g/mol. The summed E-state index contributed by atoms with van der Waals surface area (Å²) in [5, 5.41) is 0. The number of hydrogen-bond acceptors (Lipinski definition) is 3. The van der Waals surface area contributed by atoms with Crippen LogP contribution < -0.4 is 0 Å². The first kappa shape index (κ1) is 33.5. The molecule has 0 amide bonds. The molecule has 3 unspecified atom stereocenters. The fourth-order valence-electron chi connectivity index (χ4n) is 5.63. The van der Waals surface area contributed by atoms with Gasteiger partial charge in [0.05, 0.1) is 6.42 Å². The molecule has 1 aliphatic carbocycles. The Balaban J connectivity index is 0.00000110. The van der Waals surface area contributed by atoms with Crippen LogP contribution in [-0.4, -0.2) is 17.3 Å². The molecule has 38 heavy (non-hydrogen) atoms. The normalized spacial score (nSPS) is 15.7. The fraction of sp³-hybridized carbons (Fsp3) is 0.571. The highest BCUT2D eigenvalue weighted by Gasteiger charge is 2.33. The van der Waals surface area contributed by atoms with Crippen molar-refractivity contribution in [2.45, 2.75) is 113 Å². The summed E-state index contributed by atoms with van der Waals surface area (Å²) in [5.41, 5.74) is 5.41. The summed E-state index contributed by atoms with van der Waals surface area (Å²) in [5.74, 6) is 0.595. The number of carbonyl (C=O) groups is 3. The SMILES string of the molecule is CCC.CCC.CCCC(CC1CC(=O)c2c(C)ccc(-c3ccccc3)c2C1)C(CC)C(=O)CC(C)=O. The number of hydrogen-bond donors (Lipinski definition) is 0. The number of ketones is 3. The van der Waals surface area contributed by atoms with Gasteiger partial charge in [-0.3, -0.25) is 14.4 Å². The molecule has 0 fully saturated rings. The molecule has 0 spiro atoms. The van der Waals surface area contributed by atoms with Crippen LogP contribution in [0.1, 0.15) is 121 Å². The maximum atomic E-state index is 13.2. The van der Waals surface area contributed by atoms with Crippen molar-refractivity contribution in [2.24, 2.45) is 17.8 Å². The van der Waals surface area contributed by atoms with E-state index in [1.165, 1.54) is 19.8 Å². The molecule has 0 aliphatic heterocycles. The van der Waals surface area contributed by atoms with Crippen molar-refractivity contribution in [3.8, 4) is 11.1 Å². The Bertz CT molecular complexity index is 1000. The maximum absolute atomic E-state index is 13.2. The van der Waals surface area contributed by atoms with Gasteiger partial charge in [0.15, 0.2) is 5.78 Å². The zero-order valence-corrected chi connectivity index (χ0v) is 25.4. The summed E-state index contributed by atoms with van der Waals surface area (Å²) in [7, 11) is 0. The molecule has 0 saturated heterocycles. The van der Waals surface area contributed by atoms with Gasteiger partial charge in [-0.1, -0.05) is 110 Å². The smallest absolute Gasteiger partial charge is 0.163 e. The highest BCUT2D eigenvalue weighted by atomic mass is 16.1. The van der Waals surface area contributed by atoms with Crippen LogP contribution in [0.3, 0.4) is 0 Å². The second kappa shape index (κ2) is 17.9. The molecule has 0 radical (unpaired) electrons. The predicted molar refractivity (Wildman–Crippen MR) is 162 cm³/mol. The number of aryl methyl sites for hydroxylation is 1. The lowest BCUT2D eigenvalue weighted by Crippen LogP contribution is -2.30. The summed E-state index contributed by atoms with van der Waals surface area (Å²) in [6.07, 6.45) is 7.52. The summed E-state index contributed by atoms with van der Waals surface area (Å²) in [4.78, 5) is 37.6. The van der Waals surface area contributed by atoms with Gasteiger partial charge >= 0.3 is 0 Å². The largest absolute Gasteiger partial charge is 0.300 e. The van der Waals surface area contributed by atoms with Gasteiger partial charge < -0.3 is 0 Å². The van der Waals surface area contributed by atoms with E-state index < -0.39 is 0 Å². The molecule has 0 N–H and O–H groups in total. The first-order chi connectivity index (χ1) is 18.2. The molecule has 3 nitrogen and oxygen atoms in total. The third-order valence-corrected chi connectivity index (χ3v) is 6.99. The Morgan fingerprint density at radius 3 is 2.03 bits per heavy atom. The van der Waals surface area contributed by atoms with Gasteiger partial charge in [0.2, 0.25) is 0 Å². The van der Waals surface area contributed by atoms with Crippen LogP contribution in [0.25, 0.3) is 11.1 Å². The van der Waals surface area contributed by atoms with E-state index in [2.05, 4.69) is 58.9 Å². The van der Waals surface area contributed by atoms with E-state index in [-0.39, 0.29) is 41.5 Å². The molecule has 2 aromatic carbocycles. The fourth-order valence-corrected chi connectivity index (χ4v) is 5.63. The molecule has 0 saturated carbocycles. The van der Waals surface area contributed by atoms with Crippen molar-refractivity contribution in [1.29, 1.82) is 0 Å². The van der Waals surface area contributed by atoms with E-state index in [9.17, 15) is 14.4 Å². The van der Waals surface area contributed by atoms with E-state index in [0.29, 0.717) is 6.42 Å². The summed E-state index contributed by atoms with van der Waals surface area (Å²) < 4.78 is 0. The lowest BCUT2D eigenvalue weighted by atomic mass is 9.71. The average Bonchev–Trinajstić information content (AvgIpc) is 2.85. The van der Waals surface area contributed by atoms with E-state index in [4.69, 9.17) is 0 Å². The first-order valence-corrected chi connectivity index (χ1v) is 14.9. The van der Waals surface area contributed by atoms with Crippen molar-refractivity contribution < 1.29 is 14.4 Å². The van der Waals surface area contributed by atoms with E-state index in [0.717, 1.165) is 59.9 Å². The lowest BCUT2D eigenvalue weighted by molar-refractivity contribution is -0.129. The summed E-state index contributed by atoms with van der Waals surface area (Å²) in [6, 6.07) is 14.5. The highest BCUT2D eigenvalue weighted by Crippen LogP contribution is 2.39. The van der Waals surface area contributed by atoms with E-state index in [1.807, 2.05) is 32.0 Å². The van der Waals surface area contributed by atoms with Crippen LogP contribution in [0.5, 0.6) is 0 Å². The van der Waals surface area contributed by atoms with Crippen molar-refractivity contribution in [2.75, 3.05) is 0 Å². The van der Waals surface area contributed by atoms with Crippen LogP contribution in [-0.2, 0) is 16.0 Å². The summed E-state index contributed by atoms with van der Waals surface area (Å²) >= 11 is 0. The summed E-state index contributed by atoms with van der Waals surface area (Å²) in [6.45, 7) is 16.2. The predicted octanol–water partition coefficient (Wildman–Crippen LogP) is 9.62. The molecule has 3 heteroatoms. The molecule has 0 heterocycles. The minimum atomic E-state index is -0.0959. The van der Waals surface area contributed by atoms with Gasteiger partial charge in [-0.15, -0.1) is 0 Å². The third kappa shape index (κ3) is 9.97. The van der Waals surface area contributed by atoms with Crippen LogP contribution in [0, 0.1) is 24.7 Å². The molecular weight excluding hydrogens is 468 g/mol. The highest BCUT2D eigenvalue weighted by molar-refractivity contribution is 6.02. The minimum absolute atomic E-state index is 0.0303. The van der Waals surface area contributed by atoms with Crippen molar-refractivity contribution in [3.05, 3.63) is 59.2 Å². The minimum Gasteiger partial charge on any atom is -0.300 e. The Morgan fingerprint density at radius 1 is 0.895 bits per heavy atom. The number of carbonyl (C=O) groups excluding carboxylic acids is 3. The first-order valence-electron chi connectivity index (χ1n) is 14.9. The molecule has 0 aromatic heterocycles. The van der Waals surface area contributed by atoms with Gasteiger partial charge in [0, 0.05) is 17.9 Å². The van der Waals surface area contributed by atoms with Gasteiger partial charge in [-0.2, -0.15) is 0 Å². The van der Waals surface area contributed by atoms with Crippen LogP contribution in [0.15, 0.2) is 42.5 Å².